The molecule has 1 saturated heterocycles. The van der Waals surface area contributed by atoms with E-state index in [0.717, 1.165) is 43.2 Å². The first-order valence-electron chi connectivity index (χ1n) is 9.75. The lowest BCUT2D eigenvalue weighted by Gasteiger charge is -2.60. The molecule has 1 aliphatic heterocycles. The number of pyridine rings is 2. The number of alkyl halides is 3. The Morgan fingerprint density at radius 2 is 1.86 bits per heavy atom. The highest BCUT2D eigenvalue weighted by atomic mass is 19.4. The van der Waals surface area contributed by atoms with Crippen LogP contribution in [-0.4, -0.2) is 28.2 Å². The molecule has 0 radical (unpaired) electrons. The van der Waals surface area contributed by atoms with E-state index < -0.39 is 18.0 Å². The molecule has 0 aromatic carbocycles. The summed E-state index contributed by atoms with van der Waals surface area (Å²) in [6.07, 6.45) is 4.30. The summed E-state index contributed by atoms with van der Waals surface area (Å²) in [5, 5.41) is 10.9. The molecule has 2 aliphatic carbocycles. The van der Waals surface area contributed by atoms with Gasteiger partial charge >= 0.3 is 6.18 Å². The molecule has 7 heteroatoms. The molecule has 28 heavy (non-hydrogen) atoms. The minimum absolute atomic E-state index is 0.177. The van der Waals surface area contributed by atoms with E-state index >= 15 is 0 Å². The van der Waals surface area contributed by atoms with Crippen molar-refractivity contribution in [2.75, 3.05) is 18.0 Å². The standard InChI is InChI=1S/C21H22F3N3O/c22-21(23,24)18-4-3-15(9-26-18)27-11-20(12-27)7-14(8-20)19(28)17-10-25-6-5-16(17)13-1-2-13/h3-6,9-10,13-14,19,28H,1-2,7-8,11-12H2. The van der Waals surface area contributed by atoms with Crippen molar-refractivity contribution >= 4 is 5.69 Å². The van der Waals surface area contributed by atoms with E-state index in [9.17, 15) is 18.3 Å². The van der Waals surface area contributed by atoms with Gasteiger partial charge in [-0.05, 0) is 61.3 Å². The zero-order chi connectivity index (χ0) is 19.5. The SMILES string of the molecule is OC(c1cnccc1C1CC1)C1CC2(C1)CN(c1ccc(C(F)(F)F)nc1)C2. The fourth-order valence-corrected chi connectivity index (χ4v) is 4.91. The number of aromatic nitrogens is 2. The molecule has 3 aliphatic rings. The van der Waals surface area contributed by atoms with E-state index in [-0.39, 0.29) is 11.3 Å². The summed E-state index contributed by atoms with van der Waals surface area (Å²) in [5.74, 6) is 0.808. The molecule has 1 unspecified atom stereocenters. The molecule has 4 nitrogen and oxygen atoms in total. The summed E-state index contributed by atoms with van der Waals surface area (Å²) < 4.78 is 37.9. The number of hydrogen-bond acceptors (Lipinski definition) is 4. The molecule has 2 aromatic rings. The van der Waals surface area contributed by atoms with Crippen LogP contribution < -0.4 is 4.90 Å². The summed E-state index contributed by atoms with van der Waals surface area (Å²) in [4.78, 5) is 9.82. The second-order valence-corrected chi connectivity index (χ2v) is 8.65. The van der Waals surface area contributed by atoms with Crippen molar-refractivity contribution in [2.45, 2.75) is 43.9 Å². The fourth-order valence-electron chi connectivity index (χ4n) is 4.91. The van der Waals surface area contributed by atoms with E-state index in [1.54, 1.807) is 6.20 Å². The van der Waals surface area contributed by atoms with Crippen molar-refractivity contribution in [3.05, 3.63) is 53.6 Å². The first-order valence-corrected chi connectivity index (χ1v) is 9.75. The Bertz CT molecular complexity index is 865. The fraction of sp³-hybridized carbons (Fsp3) is 0.524. The molecule has 0 amide bonds. The predicted octanol–water partition coefficient (Wildman–Crippen LogP) is 4.32. The average molecular weight is 389 g/mol. The lowest BCUT2D eigenvalue weighted by molar-refractivity contribution is -0.141. The Labute approximate surface area is 161 Å². The summed E-state index contributed by atoms with van der Waals surface area (Å²) in [6.45, 7) is 1.62. The van der Waals surface area contributed by atoms with Gasteiger partial charge in [-0.15, -0.1) is 0 Å². The maximum absolute atomic E-state index is 12.6. The topological polar surface area (TPSA) is 49.3 Å². The minimum atomic E-state index is -4.41. The summed E-state index contributed by atoms with van der Waals surface area (Å²) in [7, 11) is 0. The lowest BCUT2D eigenvalue weighted by Crippen LogP contribution is -2.63. The summed E-state index contributed by atoms with van der Waals surface area (Å²) in [5.41, 5.74) is 2.27. The maximum atomic E-state index is 12.6. The molecule has 2 aromatic heterocycles. The first kappa shape index (κ1) is 17.9. The predicted molar refractivity (Wildman–Crippen MR) is 97.8 cm³/mol. The van der Waals surface area contributed by atoms with Gasteiger partial charge in [0.25, 0.3) is 0 Å². The van der Waals surface area contributed by atoms with Crippen LogP contribution in [0.25, 0.3) is 0 Å². The largest absolute Gasteiger partial charge is 0.433 e. The van der Waals surface area contributed by atoms with Crippen LogP contribution in [0.1, 0.15) is 54.5 Å². The molecule has 3 fully saturated rings. The third kappa shape index (κ3) is 3.05. The van der Waals surface area contributed by atoms with Crippen molar-refractivity contribution in [3.63, 3.8) is 0 Å². The molecule has 0 bridgehead atoms. The third-order valence-electron chi connectivity index (χ3n) is 6.52. The highest BCUT2D eigenvalue weighted by Gasteiger charge is 2.54. The number of aliphatic hydroxyl groups excluding tert-OH is 1. The Morgan fingerprint density at radius 1 is 1.11 bits per heavy atom. The van der Waals surface area contributed by atoms with Crippen LogP contribution in [0.15, 0.2) is 36.8 Å². The summed E-state index contributed by atoms with van der Waals surface area (Å²) >= 11 is 0. The Hall–Kier alpha value is -2.15. The van der Waals surface area contributed by atoms with Crippen molar-refractivity contribution in [3.8, 4) is 0 Å². The number of aliphatic hydroxyl groups is 1. The van der Waals surface area contributed by atoms with Gasteiger partial charge in [0.15, 0.2) is 0 Å². The van der Waals surface area contributed by atoms with Crippen LogP contribution in [0.2, 0.25) is 0 Å². The second kappa shape index (κ2) is 6.17. The van der Waals surface area contributed by atoms with E-state index in [4.69, 9.17) is 0 Å². The van der Waals surface area contributed by atoms with Gasteiger partial charge in [-0.3, -0.25) is 4.98 Å². The van der Waals surface area contributed by atoms with E-state index in [2.05, 4.69) is 14.9 Å². The lowest BCUT2D eigenvalue weighted by atomic mass is 9.55. The van der Waals surface area contributed by atoms with Gasteiger partial charge in [0.2, 0.25) is 0 Å². The van der Waals surface area contributed by atoms with Crippen LogP contribution in [0.3, 0.4) is 0 Å². The quantitative estimate of drug-likeness (QED) is 0.846. The van der Waals surface area contributed by atoms with Gasteiger partial charge in [0.1, 0.15) is 5.69 Å². The van der Waals surface area contributed by atoms with E-state index in [1.807, 2.05) is 12.3 Å². The van der Waals surface area contributed by atoms with Crippen LogP contribution in [0.5, 0.6) is 0 Å². The molecular weight excluding hydrogens is 367 g/mol. The minimum Gasteiger partial charge on any atom is -0.388 e. The summed E-state index contributed by atoms with van der Waals surface area (Å²) in [6, 6.07) is 4.56. The molecule has 3 heterocycles. The van der Waals surface area contributed by atoms with Crippen LogP contribution in [-0.2, 0) is 6.18 Å². The molecular formula is C21H22F3N3O. The van der Waals surface area contributed by atoms with Crippen molar-refractivity contribution in [1.82, 2.24) is 9.97 Å². The molecule has 5 rings (SSSR count). The van der Waals surface area contributed by atoms with E-state index in [0.29, 0.717) is 5.92 Å². The molecule has 1 atom stereocenters. The van der Waals surface area contributed by atoms with Crippen molar-refractivity contribution in [1.29, 1.82) is 0 Å². The zero-order valence-electron chi connectivity index (χ0n) is 15.4. The van der Waals surface area contributed by atoms with Crippen LogP contribution >= 0.6 is 0 Å². The number of rotatable bonds is 4. The monoisotopic (exact) mass is 389 g/mol. The number of nitrogens with zero attached hydrogens (tertiary/aromatic N) is 3. The van der Waals surface area contributed by atoms with E-state index in [1.165, 1.54) is 30.7 Å². The average Bonchev–Trinajstić information content (AvgIpc) is 3.44. The van der Waals surface area contributed by atoms with Gasteiger partial charge in [-0.1, -0.05) is 0 Å². The van der Waals surface area contributed by atoms with Crippen molar-refractivity contribution < 1.29 is 18.3 Å². The smallest absolute Gasteiger partial charge is 0.388 e. The first-order chi connectivity index (χ1) is 13.3. The maximum Gasteiger partial charge on any atom is 0.433 e. The van der Waals surface area contributed by atoms with Crippen LogP contribution in [0, 0.1) is 11.3 Å². The zero-order valence-corrected chi connectivity index (χ0v) is 15.4. The van der Waals surface area contributed by atoms with Gasteiger partial charge < -0.3 is 10.0 Å². The highest BCUT2D eigenvalue weighted by molar-refractivity contribution is 5.49. The van der Waals surface area contributed by atoms with Gasteiger partial charge in [0, 0.05) is 36.5 Å². The number of hydrogen-bond donors (Lipinski definition) is 1. The van der Waals surface area contributed by atoms with Gasteiger partial charge in [-0.2, -0.15) is 13.2 Å². The van der Waals surface area contributed by atoms with Crippen LogP contribution in [0.4, 0.5) is 18.9 Å². The Kier molecular flexibility index (Phi) is 3.95. The van der Waals surface area contributed by atoms with Gasteiger partial charge in [0.05, 0.1) is 18.0 Å². The highest BCUT2D eigenvalue weighted by Crippen LogP contribution is 2.57. The van der Waals surface area contributed by atoms with Crippen molar-refractivity contribution in [2.24, 2.45) is 11.3 Å². The Balaban J connectivity index is 1.19. The molecule has 148 valence electrons. The number of anilines is 1. The normalized spacial score (nSPS) is 22.6. The third-order valence-corrected chi connectivity index (χ3v) is 6.52. The Morgan fingerprint density at radius 3 is 2.46 bits per heavy atom. The van der Waals surface area contributed by atoms with Gasteiger partial charge in [-0.25, -0.2) is 4.98 Å². The number of halogens is 3. The molecule has 1 spiro atoms. The molecule has 1 N–H and O–H groups in total. The second-order valence-electron chi connectivity index (χ2n) is 8.65. The molecule has 2 saturated carbocycles.